The molecule has 0 radical (unpaired) electrons. The van der Waals surface area contributed by atoms with Crippen LogP contribution in [-0.4, -0.2) is 24.6 Å². The molecule has 0 aromatic rings. The molecule has 0 bridgehead atoms. The molecule has 4 heteroatoms. The molecule has 0 aromatic carbocycles. The number of hydrogen-bond donors (Lipinski definition) is 0. The zero-order valence-corrected chi connectivity index (χ0v) is 8.09. The van der Waals surface area contributed by atoms with Gasteiger partial charge in [-0.3, -0.25) is 4.79 Å². The highest BCUT2D eigenvalue weighted by molar-refractivity contribution is 6.45. The Labute approximate surface area is 73.6 Å². The van der Waals surface area contributed by atoms with Crippen molar-refractivity contribution >= 4 is 12.9 Å². The van der Waals surface area contributed by atoms with Crippen molar-refractivity contribution in [2.24, 2.45) is 0 Å². The summed E-state index contributed by atoms with van der Waals surface area (Å²) >= 11 is 0. The molecule has 0 aromatic heterocycles. The standard InChI is InChI=1S/C8H15BO3/c1-5-9-11-7(3)8(4,12-9)6(2)10/h7H,5H2,1-4H3. The van der Waals surface area contributed by atoms with E-state index < -0.39 is 5.60 Å². The first-order chi connectivity index (χ1) is 5.50. The molecular formula is C8H15BO3. The Morgan fingerprint density at radius 1 is 1.67 bits per heavy atom. The van der Waals surface area contributed by atoms with E-state index >= 15 is 0 Å². The number of carbonyl (C=O) groups is 1. The molecule has 0 aliphatic carbocycles. The lowest BCUT2D eigenvalue weighted by Gasteiger charge is -2.24. The summed E-state index contributed by atoms with van der Waals surface area (Å²) in [5, 5.41) is 0. The van der Waals surface area contributed by atoms with Gasteiger partial charge >= 0.3 is 7.12 Å². The van der Waals surface area contributed by atoms with Crippen LogP contribution in [0.25, 0.3) is 0 Å². The van der Waals surface area contributed by atoms with Crippen molar-refractivity contribution in [1.82, 2.24) is 0 Å². The van der Waals surface area contributed by atoms with Crippen molar-refractivity contribution in [3.63, 3.8) is 0 Å². The fourth-order valence-corrected chi connectivity index (χ4v) is 1.30. The lowest BCUT2D eigenvalue weighted by atomic mass is 9.86. The largest absolute Gasteiger partial charge is 0.457 e. The summed E-state index contributed by atoms with van der Waals surface area (Å²) in [6.45, 7) is 7.17. The minimum atomic E-state index is -0.735. The van der Waals surface area contributed by atoms with Crippen molar-refractivity contribution in [2.75, 3.05) is 0 Å². The normalized spacial score (nSPS) is 35.7. The molecule has 1 saturated heterocycles. The van der Waals surface area contributed by atoms with Crippen LogP contribution in [0.4, 0.5) is 0 Å². The lowest BCUT2D eigenvalue weighted by Crippen LogP contribution is -2.42. The van der Waals surface area contributed by atoms with Crippen molar-refractivity contribution in [3.8, 4) is 0 Å². The third kappa shape index (κ3) is 1.41. The van der Waals surface area contributed by atoms with Crippen LogP contribution in [0.2, 0.25) is 6.32 Å². The molecule has 12 heavy (non-hydrogen) atoms. The van der Waals surface area contributed by atoms with Crippen molar-refractivity contribution < 1.29 is 14.1 Å². The Morgan fingerprint density at radius 2 is 2.25 bits per heavy atom. The van der Waals surface area contributed by atoms with E-state index in [0.29, 0.717) is 0 Å². The first kappa shape index (κ1) is 9.74. The van der Waals surface area contributed by atoms with Gasteiger partial charge in [-0.25, -0.2) is 0 Å². The van der Waals surface area contributed by atoms with E-state index in [2.05, 4.69) is 0 Å². The van der Waals surface area contributed by atoms with Crippen LogP contribution < -0.4 is 0 Å². The summed E-state index contributed by atoms with van der Waals surface area (Å²) in [5.74, 6) is 0.0333. The maximum absolute atomic E-state index is 11.2. The summed E-state index contributed by atoms with van der Waals surface area (Å²) in [7, 11) is -0.214. The van der Waals surface area contributed by atoms with Crippen molar-refractivity contribution in [2.45, 2.75) is 45.7 Å². The average Bonchev–Trinajstić information content (AvgIpc) is 2.29. The quantitative estimate of drug-likeness (QED) is 0.585. The van der Waals surface area contributed by atoms with Crippen LogP contribution in [0, 0.1) is 0 Å². The molecular weight excluding hydrogens is 155 g/mol. The second-order valence-corrected chi connectivity index (χ2v) is 3.40. The first-order valence-corrected chi connectivity index (χ1v) is 4.35. The Kier molecular flexibility index (Phi) is 2.59. The molecule has 2 atom stereocenters. The van der Waals surface area contributed by atoms with Crippen molar-refractivity contribution in [1.29, 1.82) is 0 Å². The molecule has 1 aliphatic heterocycles. The first-order valence-electron chi connectivity index (χ1n) is 4.35. The van der Waals surface area contributed by atoms with Crippen LogP contribution in [-0.2, 0) is 14.1 Å². The molecule has 0 saturated carbocycles. The highest BCUT2D eigenvalue weighted by atomic mass is 16.7. The molecule has 68 valence electrons. The third-order valence-electron chi connectivity index (χ3n) is 2.54. The Morgan fingerprint density at radius 3 is 2.50 bits per heavy atom. The van der Waals surface area contributed by atoms with Gasteiger partial charge in [-0.05, 0) is 27.1 Å². The van der Waals surface area contributed by atoms with Gasteiger partial charge in [-0.1, -0.05) is 6.92 Å². The van der Waals surface area contributed by atoms with E-state index in [1.165, 1.54) is 6.92 Å². The molecule has 1 heterocycles. The van der Waals surface area contributed by atoms with Crippen LogP contribution in [0.15, 0.2) is 0 Å². The molecule has 2 unspecified atom stereocenters. The lowest BCUT2D eigenvalue weighted by molar-refractivity contribution is -0.132. The number of hydrogen-bond acceptors (Lipinski definition) is 3. The minimum Gasteiger partial charge on any atom is -0.405 e. The number of ketones is 1. The van der Waals surface area contributed by atoms with Crippen LogP contribution >= 0.6 is 0 Å². The minimum absolute atomic E-state index is 0.0333. The Balaban J connectivity index is 2.74. The van der Waals surface area contributed by atoms with Crippen LogP contribution in [0.5, 0.6) is 0 Å². The summed E-state index contributed by atoms with van der Waals surface area (Å²) in [6.07, 6.45) is 0.646. The molecule has 0 N–H and O–H groups in total. The maximum atomic E-state index is 11.2. The van der Waals surface area contributed by atoms with Crippen LogP contribution in [0.3, 0.4) is 0 Å². The number of rotatable bonds is 2. The van der Waals surface area contributed by atoms with E-state index in [-0.39, 0.29) is 19.0 Å². The maximum Gasteiger partial charge on any atom is 0.457 e. The molecule has 1 fully saturated rings. The van der Waals surface area contributed by atoms with E-state index in [1.807, 2.05) is 13.8 Å². The zero-order chi connectivity index (χ0) is 9.35. The fourth-order valence-electron chi connectivity index (χ4n) is 1.30. The van der Waals surface area contributed by atoms with Gasteiger partial charge in [0, 0.05) is 0 Å². The fraction of sp³-hybridized carbons (Fsp3) is 0.875. The Hall–Kier alpha value is -0.345. The van der Waals surface area contributed by atoms with Gasteiger partial charge in [-0.2, -0.15) is 0 Å². The van der Waals surface area contributed by atoms with Gasteiger partial charge in [0.25, 0.3) is 0 Å². The molecule has 3 nitrogen and oxygen atoms in total. The van der Waals surface area contributed by atoms with Gasteiger partial charge in [0.1, 0.15) is 5.60 Å². The van der Waals surface area contributed by atoms with Gasteiger partial charge in [0.15, 0.2) is 5.78 Å². The number of Topliss-reactive ketones (excluding diaryl/α,β-unsaturated/α-hetero) is 1. The summed E-state index contributed by atoms with van der Waals surface area (Å²) < 4.78 is 10.9. The topological polar surface area (TPSA) is 35.5 Å². The SMILES string of the molecule is CCB1OC(C)C(C)(C(C)=O)O1. The molecule has 1 rings (SSSR count). The van der Waals surface area contributed by atoms with Gasteiger partial charge < -0.3 is 9.31 Å². The predicted molar refractivity (Wildman–Crippen MR) is 47.0 cm³/mol. The van der Waals surface area contributed by atoms with Gasteiger partial charge in [0.2, 0.25) is 0 Å². The molecule has 1 aliphatic rings. The molecule has 0 spiro atoms. The number of carbonyl (C=O) groups excluding carboxylic acids is 1. The summed E-state index contributed by atoms with van der Waals surface area (Å²) in [6, 6.07) is 0. The second kappa shape index (κ2) is 3.19. The Bertz CT molecular complexity index is 195. The average molecular weight is 170 g/mol. The zero-order valence-electron chi connectivity index (χ0n) is 8.09. The van der Waals surface area contributed by atoms with E-state index in [4.69, 9.17) is 9.31 Å². The predicted octanol–water partition coefficient (Wildman–Crippen LogP) is 1.28. The highest BCUT2D eigenvalue weighted by Crippen LogP contribution is 2.29. The third-order valence-corrected chi connectivity index (χ3v) is 2.54. The van der Waals surface area contributed by atoms with Gasteiger partial charge in [-0.15, -0.1) is 0 Å². The summed E-state index contributed by atoms with van der Waals surface area (Å²) in [5.41, 5.74) is -0.735. The summed E-state index contributed by atoms with van der Waals surface area (Å²) in [4.78, 5) is 11.2. The second-order valence-electron chi connectivity index (χ2n) is 3.40. The van der Waals surface area contributed by atoms with Crippen molar-refractivity contribution in [3.05, 3.63) is 0 Å². The monoisotopic (exact) mass is 170 g/mol. The highest BCUT2D eigenvalue weighted by Gasteiger charge is 2.48. The smallest absolute Gasteiger partial charge is 0.405 e. The van der Waals surface area contributed by atoms with E-state index in [9.17, 15) is 4.79 Å². The molecule has 0 amide bonds. The van der Waals surface area contributed by atoms with Crippen LogP contribution in [0.1, 0.15) is 27.7 Å². The van der Waals surface area contributed by atoms with Gasteiger partial charge in [0.05, 0.1) is 6.10 Å². The van der Waals surface area contributed by atoms with E-state index in [0.717, 1.165) is 6.32 Å². The van der Waals surface area contributed by atoms with E-state index in [1.54, 1.807) is 6.92 Å².